The predicted octanol–water partition coefficient (Wildman–Crippen LogP) is 3.71. The summed E-state index contributed by atoms with van der Waals surface area (Å²) in [7, 11) is 0. The van der Waals surface area contributed by atoms with Gasteiger partial charge >= 0.3 is 5.97 Å². The van der Waals surface area contributed by atoms with Crippen molar-refractivity contribution in [3.8, 4) is 5.69 Å². The van der Waals surface area contributed by atoms with E-state index in [1.807, 2.05) is 18.2 Å². The van der Waals surface area contributed by atoms with Crippen molar-refractivity contribution in [3.05, 3.63) is 40.9 Å². The Kier molecular flexibility index (Phi) is 5.10. The normalized spacial score (nSPS) is 18.6. The zero-order valence-corrected chi connectivity index (χ0v) is 16.3. The van der Waals surface area contributed by atoms with Crippen LogP contribution in [0.3, 0.4) is 0 Å². The molecule has 8 heteroatoms. The summed E-state index contributed by atoms with van der Waals surface area (Å²) in [6.07, 6.45) is 6.12. The number of carboxylic acid groups (broad SMARTS) is 1. The van der Waals surface area contributed by atoms with E-state index in [-0.39, 0.29) is 18.2 Å². The summed E-state index contributed by atoms with van der Waals surface area (Å²) in [5.41, 5.74) is -0.0351. The van der Waals surface area contributed by atoms with Gasteiger partial charge in [0.25, 0.3) is 5.91 Å². The summed E-state index contributed by atoms with van der Waals surface area (Å²) in [6, 6.07) is 7.33. The first kappa shape index (κ1) is 18.9. The number of nitrogens with zero attached hydrogens (tertiary/aromatic N) is 3. The molecule has 2 aliphatic rings. The first-order valence-corrected chi connectivity index (χ1v) is 10.1. The summed E-state index contributed by atoms with van der Waals surface area (Å²) < 4.78 is 1.65. The molecule has 1 heterocycles. The lowest BCUT2D eigenvalue weighted by atomic mass is 9.79. The van der Waals surface area contributed by atoms with Gasteiger partial charge in [-0.15, -0.1) is 5.10 Å². The van der Waals surface area contributed by atoms with E-state index in [4.69, 9.17) is 11.6 Å². The van der Waals surface area contributed by atoms with E-state index in [2.05, 4.69) is 15.4 Å². The molecule has 2 aliphatic carbocycles. The van der Waals surface area contributed by atoms with E-state index in [9.17, 15) is 14.7 Å². The molecule has 28 heavy (non-hydrogen) atoms. The molecule has 0 aliphatic heterocycles. The van der Waals surface area contributed by atoms with Gasteiger partial charge in [0.1, 0.15) is 5.82 Å². The molecular weight excluding hydrogens is 380 g/mol. The number of benzene rings is 1. The Balaban J connectivity index is 1.63. The molecule has 0 spiro atoms. The monoisotopic (exact) mass is 402 g/mol. The lowest BCUT2D eigenvalue weighted by molar-refractivity contribution is -0.139. The number of para-hydroxylation sites is 1. The van der Waals surface area contributed by atoms with E-state index in [1.54, 1.807) is 10.7 Å². The fourth-order valence-electron chi connectivity index (χ4n) is 3.99. The van der Waals surface area contributed by atoms with E-state index >= 15 is 0 Å². The second kappa shape index (κ2) is 7.54. The molecule has 7 nitrogen and oxygen atoms in total. The van der Waals surface area contributed by atoms with Crippen molar-refractivity contribution in [1.82, 2.24) is 20.1 Å². The molecule has 2 fully saturated rings. The molecule has 2 aromatic rings. The smallest absolute Gasteiger partial charge is 0.305 e. The lowest BCUT2D eigenvalue weighted by Gasteiger charge is -2.36. The van der Waals surface area contributed by atoms with Gasteiger partial charge < -0.3 is 10.4 Å². The highest BCUT2D eigenvalue weighted by Crippen LogP contribution is 2.40. The predicted molar refractivity (Wildman–Crippen MR) is 104 cm³/mol. The van der Waals surface area contributed by atoms with E-state index in [1.165, 1.54) is 0 Å². The average molecular weight is 403 g/mol. The van der Waals surface area contributed by atoms with Crippen molar-refractivity contribution in [1.29, 1.82) is 0 Å². The molecule has 148 valence electrons. The maximum Gasteiger partial charge on any atom is 0.305 e. The number of amides is 1. The summed E-state index contributed by atoms with van der Waals surface area (Å²) in [5.74, 6) is -0.259. The maximum absolute atomic E-state index is 12.9. The molecule has 4 rings (SSSR count). The van der Waals surface area contributed by atoms with Gasteiger partial charge in [0.2, 0.25) is 5.82 Å². The van der Waals surface area contributed by atoms with Gasteiger partial charge in [-0.2, -0.15) is 0 Å². The largest absolute Gasteiger partial charge is 0.481 e. The first-order chi connectivity index (χ1) is 13.5. The van der Waals surface area contributed by atoms with Crippen molar-refractivity contribution in [2.24, 2.45) is 0 Å². The van der Waals surface area contributed by atoms with Gasteiger partial charge in [-0.1, -0.05) is 43.0 Å². The van der Waals surface area contributed by atoms with Crippen LogP contribution in [0, 0.1) is 0 Å². The second-order valence-electron chi connectivity index (χ2n) is 7.80. The molecule has 0 radical (unpaired) electrons. The van der Waals surface area contributed by atoms with Gasteiger partial charge in [-0.05, 0) is 37.8 Å². The van der Waals surface area contributed by atoms with E-state index in [0.29, 0.717) is 23.6 Å². The number of aliphatic carboxylic acids is 1. The van der Waals surface area contributed by atoms with Crippen molar-refractivity contribution in [2.75, 3.05) is 0 Å². The van der Waals surface area contributed by atoms with Gasteiger partial charge in [0, 0.05) is 5.92 Å². The molecule has 1 amide bonds. The Morgan fingerprint density at radius 2 is 1.93 bits per heavy atom. The van der Waals surface area contributed by atoms with Crippen molar-refractivity contribution < 1.29 is 14.7 Å². The number of halogens is 1. The first-order valence-electron chi connectivity index (χ1n) is 9.74. The molecule has 0 unspecified atom stereocenters. The Labute approximate surface area is 168 Å². The SMILES string of the molecule is O=C(O)CC1(NC(=O)c2nc(C3CC3)n(-c3ccccc3Cl)n2)CCCCC1. The summed E-state index contributed by atoms with van der Waals surface area (Å²) in [6.45, 7) is 0. The highest BCUT2D eigenvalue weighted by atomic mass is 35.5. The standard InChI is InChI=1S/C20H23ClN4O3/c21-14-6-2-3-7-15(14)25-18(13-8-9-13)22-17(24-25)19(28)23-20(12-16(26)27)10-4-1-5-11-20/h2-3,6-7,13H,1,4-5,8-12H2,(H,23,28)(H,26,27). The van der Waals surface area contributed by atoms with Gasteiger partial charge in [0.15, 0.2) is 0 Å². The van der Waals surface area contributed by atoms with Crippen LogP contribution in [0.25, 0.3) is 5.69 Å². The second-order valence-corrected chi connectivity index (χ2v) is 8.20. The molecule has 2 N–H and O–H groups in total. The lowest BCUT2D eigenvalue weighted by Crippen LogP contribution is -2.51. The van der Waals surface area contributed by atoms with E-state index < -0.39 is 17.4 Å². The third-order valence-corrected chi connectivity index (χ3v) is 5.86. The Hall–Kier alpha value is -2.41. The molecule has 0 saturated heterocycles. The van der Waals surface area contributed by atoms with Crippen LogP contribution < -0.4 is 5.32 Å². The van der Waals surface area contributed by atoms with Crippen LogP contribution in [0.1, 0.15) is 73.7 Å². The number of rotatable bonds is 6. The molecule has 1 aromatic heterocycles. The maximum atomic E-state index is 12.9. The van der Waals surface area contributed by atoms with Crippen LogP contribution in [-0.2, 0) is 4.79 Å². The number of carbonyl (C=O) groups excluding carboxylic acids is 1. The highest BCUT2D eigenvalue weighted by molar-refractivity contribution is 6.32. The van der Waals surface area contributed by atoms with Crippen molar-refractivity contribution in [3.63, 3.8) is 0 Å². The number of carbonyl (C=O) groups is 2. The molecule has 0 bridgehead atoms. The van der Waals surface area contributed by atoms with Gasteiger partial charge in [0.05, 0.1) is 22.7 Å². The van der Waals surface area contributed by atoms with Crippen LogP contribution in [0.4, 0.5) is 0 Å². The molecule has 0 atom stereocenters. The average Bonchev–Trinajstić information content (AvgIpc) is 3.40. The third-order valence-electron chi connectivity index (χ3n) is 5.54. The molecule has 1 aromatic carbocycles. The number of hydrogen-bond acceptors (Lipinski definition) is 4. The Bertz CT molecular complexity index is 901. The number of carboxylic acids is 1. The van der Waals surface area contributed by atoms with Crippen LogP contribution >= 0.6 is 11.6 Å². The zero-order chi connectivity index (χ0) is 19.7. The minimum absolute atomic E-state index is 0.0668. The number of hydrogen-bond donors (Lipinski definition) is 2. The quantitative estimate of drug-likeness (QED) is 0.767. The van der Waals surface area contributed by atoms with Crippen LogP contribution in [0.2, 0.25) is 5.02 Å². The number of aromatic nitrogens is 3. The molecule has 2 saturated carbocycles. The minimum Gasteiger partial charge on any atom is -0.481 e. The highest BCUT2D eigenvalue weighted by Gasteiger charge is 2.38. The van der Waals surface area contributed by atoms with Crippen LogP contribution in [-0.4, -0.2) is 37.3 Å². The molecular formula is C20H23ClN4O3. The van der Waals surface area contributed by atoms with Crippen LogP contribution in [0.15, 0.2) is 24.3 Å². The summed E-state index contributed by atoms with van der Waals surface area (Å²) >= 11 is 6.33. The van der Waals surface area contributed by atoms with Crippen molar-refractivity contribution in [2.45, 2.75) is 62.8 Å². The van der Waals surface area contributed by atoms with Crippen molar-refractivity contribution >= 4 is 23.5 Å². The zero-order valence-electron chi connectivity index (χ0n) is 15.5. The van der Waals surface area contributed by atoms with E-state index in [0.717, 1.165) is 37.9 Å². The fraction of sp³-hybridized carbons (Fsp3) is 0.500. The van der Waals surface area contributed by atoms with Gasteiger partial charge in [-0.3, -0.25) is 9.59 Å². The number of nitrogens with one attached hydrogen (secondary N) is 1. The third kappa shape index (κ3) is 3.90. The summed E-state index contributed by atoms with van der Waals surface area (Å²) in [4.78, 5) is 28.8. The topological polar surface area (TPSA) is 97.1 Å². The van der Waals surface area contributed by atoms with Gasteiger partial charge in [-0.25, -0.2) is 9.67 Å². The Morgan fingerprint density at radius 1 is 1.21 bits per heavy atom. The Morgan fingerprint density at radius 3 is 2.57 bits per heavy atom. The summed E-state index contributed by atoms with van der Waals surface area (Å²) in [5, 5.41) is 17.3. The van der Waals surface area contributed by atoms with Crippen LogP contribution in [0.5, 0.6) is 0 Å². The minimum atomic E-state index is -0.907. The fourth-order valence-corrected chi connectivity index (χ4v) is 4.20.